The molecule has 0 aromatic heterocycles. The lowest BCUT2D eigenvalue weighted by molar-refractivity contribution is -0.148. The third-order valence-electron chi connectivity index (χ3n) is 2.81. The molecule has 0 aliphatic carbocycles. The summed E-state index contributed by atoms with van der Waals surface area (Å²) < 4.78 is 0. The standard InChI is InChI=1S/C15H21NO3/c1-4-14(17)10-11(2)15(18)19-16-12(3)13-8-6-5-7-9-13/h5-10,12,14,16-17H,4H2,1-3H3. The zero-order valence-corrected chi connectivity index (χ0v) is 11.6. The summed E-state index contributed by atoms with van der Waals surface area (Å²) in [6.07, 6.45) is 1.45. The Kier molecular flexibility index (Phi) is 6.25. The summed E-state index contributed by atoms with van der Waals surface area (Å²) in [5.74, 6) is -0.477. The van der Waals surface area contributed by atoms with Gasteiger partial charge in [0.1, 0.15) is 0 Å². The molecule has 0 amide bonds. The number of carbonyl (C=O) groups excluding carboxylic acids is 1. The van der Waals surface area contributed by atoms with E-state index >= 15 is 0 Å². The summed E-state index contributed by atoms with van der Waals surface area (Å²) >= 11 is 0. The summed E-state index contributed by atoms with van der Waals surface area (Å²) in [5, 5.41) is 9.43. The molecule has 0 aliphatic rings. The van der Waals surface area contributed by atoms with Crippen LogP contribution in [-0.2, 0) is 9.63 Å². The smallest absolute Gasteiger partial charge is 0.352 e. The van der Waals surface area contributed by atoms with Crippen molar-refractivity contribution in [1.29, 1.82) is 0 Å². The number of hydroxylamine groups is 1. The van der Waals surface area contributed by atoms with Crippen molar-refractivity contribution in [3.8, 4) is 0 Å². The average Bonchev–Trinajstić information content (AvgIpc) is 2.44. The fourth-order valence-electron chi connectivity index (χ4n) is 1.51. The highest BCUT2D eigenvalue weighted by molar-refractivity contribution is 5.87. The Balaban J connectivity index is 2.48. The molecule has 1 aromatic carbocycles. The van der Waals surface area contributed by atoms with Gasteiger partial charge in [0.2, 0.25) is 0 Å². The quantitative estimate of drug-likeness (QED) is 0.611. The number of hydrogen-bond acceptors (Lipinski definition) is 4. The highest BCUT2D eigenvalue weighted by Crippen LogP contribution is 2.11. The number of benzene rings is 1. The molecule has 0 fully saturated rings. The van der Waals surface area contributed by atoms with Crippen LogP contribution in [0, 0.1) is 0 Å². The van der Waals surface area contributed by atoms with Crippen LogP contribution < -0.4 is 5.48 Å². The van der Waals surface area contributed by atoms with Crippen molar-refractivity contribution in [2.45, 2.75) is 39.3 Å². The molecule has 104 valence electrons. The Morgan fingerprint density at radius 3 is 2.63 bits per heavy atom. The minimum atomic E-state index is -0.612. The highest BCUT2D eigenvalue weighted by atomic mass is 16.7. The topological polar surface area (TPSA) is 58.6 Å². The van der Waals surface area contributed by atoms with Gasteiger partial charge in [0.15, 0.2) is 0 Å². The lowest BCUT2D eigenvalue weighted by Gasteiger charge is -2.14. The maximum atomic E-state index is 11.7. The summed E-state index contributed by atoms with van der Waals surface area (Å²) in [6.45, 7) is 5.37. The van der Waals surface area contributed by atoms with Crippen LogP contribution in [0.3, 0.4) is 0 Å². The molecule has 0 radical (unpaired) electrons. The Labute approximate surface area is 114 Å². The molecule has 2 N–H and O–H groups in total. The zero-order chi connectivity index (χ0) is 14.3. The van der Waals surface area contributed by atoms with E-state index in [-0.39, 0.29) is 6.04 Å². The minimum absolute atomic E-state index is 0.0888. The molecule has 0 saturated heterocycles. The van der Waals surface area contributed by atoms with Gasteiger partial charge >= 0.3 is 5.97 Å². The lowest BCUT2D eigenvalue weighted by atomic mass is 10.1. The Hall–Kier alpha value is -1.65. The number of carbonyl (C=O) groups is 1. The highest BCUT2D eigenvalue weighted by Gasteiger charge is 2.11. The summed E-state index contributed by atoms with van der Waals surface area (Å²) in [4.78, 5) is 16.7. The second-order valence-electron chi connectivity index (χ2n) is 4.47. The molecule has 4 nitrogen and oxygen atoms in total. The minimum Gasteiger partial charge on any atom is -0.389 e. The van der Waals surface area contributed by atoms with Crippen molar-refractivity contribution in [1.82, 2.24) is 5.48 Å². The van der Waals surface area contributed by atoms with Crippen molar-refractivity contribution in [2.24, 2.45) is 0 Å². The van der Waals surface area contributed by atoms with E-state index < -0.39 is 12.1 Å². The van der Waals surface area contributed by atoms with Gasteiger partial charge in [-0.25, -0.2) is 4.79 Å². The van der Waals surface area contributed by atoms with Gasteiger partial charge in [0.25, 0.3) is 0 Å². The molecule has 0 bridgehead atoms. The molecule has 0 aliphatic heterocycles. The van der Waals surface area contributed by atoms with E-state index in [2.05, 4.69) is 5.48 Å². The second kappa shape index (κ2) is 7.71. The first kappa shape index (κ1) is 15.4. The molecular weight excluding hydrogens is 242 g/mol. The number of aliphatic hydroxyl groups is 1. The van der Waals surface area contributed by atoms with Gasteiger partial charge in [-0.15, -0.1) is 5.48 Å². The Bertz CT molecular complexity index is 428. The van der Waals surface area contributed by atoms with E-state index in [1.54, 1.807) is 6.92 Å². The third-order valence-corrected chi connectivity index (χ3v) is 2.81. The predicted molar refractivity (Wildman–Crippen MR) is 74.1 cm³/mol. The number of rotatable bonds is 6. The van der Waals surface area contributed by atoms with Crippen LogP contribution in [-0.4, -0.2) is 17.2 Å². The van der Waals surface area contributed by atoms with Crippen molar-refractivity contribution in [3.05, 3.63) is 47.5 Å². The lowest BCUT2D eigenvalue weighted by Crippen LogP contribution is -2.24. The Morgan fingerprint density at radius 2 is 2.05 bits per heavy atom. The van der Waals surface area contributed by atoms with Gasteiger partial charge in [0.05, 0.1) is 12.1 Å². The second-order valence-corrected chi connectivity index (χ2v) is 4.47. The van der Waals surface area contributed by atoms with Gasteiger partial charge in [-0.05, 0) is 31.9 Å². The monoisotopic (exact) mass is 263 g/mol. The van der Waals surface area contributed by atoms with Crippen LogP contribution in [0.4, 0.5) is 0 Å². The van der Waals surface area contributed by atoms with Crippen LogP contribution >= 0.6 is 0 Å². The first-order valence-electron chi connectivity index (χ1n) is 6.42. The molecule has 1 rings (SSSR count). The van der Waals surface area contributed by atoms with Crippen LogP contribution in [0.15, 0.2) is 42.0 Å². The molecule has 2 atom stereocenters. The van der Waals surface area contributed by atoms with Crippen LogP contribution in [0.1, 0.15) is 38.8 Å². The van der Waals surface area contributed by atoms with E-state index in [0.29, 0.717) is 12.0 Å². The van der Waals surface area contributed by atoms with Crippen molar-refractivity contribution in [2.75, 3.05) is 0 Å². The SMILES string of the molecule is CCC(O)C=C(C)C(=O)ONC(C)c1ccccc1. The predicted octanol–water partition coefficient (Wildman–Crippen LogP) is 2.51. The van der Waals surface area contributed by atoms with E-state index in [4.69, 9.17) is 4.84 Å². The zero-order valence-electron chi connectivity index (χ0n) is 11.6. The van der Waals surface area contributed by atoms with Gasteiger partial charge in [-0.3, -0.25) is 0 Å². The van der Waals surface area contributed by atoms with E-state index in [1.807, 2.05) is 44.2 Å². The molecule has 0 saturated carbocycles. The maximum Gasteiger partial charge on any atom is 0.352 e. The van der Waals surface area contributed by atoms with Gasteiger partial charge in [-0.2, -0.15) is 0 Å². The molecule has 1 aromatic rings. The molecule has 2 unspecified atom stereocenters. The molecule has 0 heterocycles. The van der Waals surface area contributed by atoms with Crippen LogP contribution in [0.5, 0.6) is 0 Å². The Morgan fingerprint density at radius 1 is 1.42 bits per heavy atom. The van der Waals surface area contributed by atoms with Crippen LogP contribution in [0.2, 0.25) is 0 Å². The van der Waals surface area contributed by atoms with E-state index in [0.717, 1.165) is 5.56 Å². The number of aliphatic hydroxyl groups excluding tert-OH is 1. The van der Waals surface area contributed by atoms with Gasteiger partial charge < -0.3 is 9.94 Å². The summed E-state index contributed by atoms with van der Waals surface area (Å²) in [5.41, 5.74) is 4.12. The van der Waals surface area contributed by atoms with Gasteiger partial charge in [-0.1, -0.05) is 37.3 Å². The summed E-state index contributed by atoms with van der Waals surface area (Å²) in [7, 11) is 0. The number of nitrogens with one attached hydrogen (secondary N) is 1. The van der Waals surface area contributed by atoms with E-state index in [9.17, 15) is 9.90 Å². The third kappa shape index (κ3) is 5.24. The summed E-state index contributed by atoms with van der Waals surface area (Å²) in [6, 6.07) is 9.61. The first-order chi connectivity index (χ1) is 9.04. The maximum absolute atomic E-state index is 11.7. The van der Waals surface area contributed by atoms with Gasteiger partial charge in [0, 0.05) is 5.57 Å². The van der Waals surface area contributed by atoms with Crippen molar-refractivity contribution in [3.63, 3.8) is 0 Å². The molecule has 0 spiro atoms. The average molecular weight is 263 g/mol. The largest absolute Gasteiger partial charge is 0.389 e. The molecule has 19 heavy (non-hydrogen) atoms. The fourth-order valence-corrected chi connectivity index (χ4v) is 1.51. The normalized spacial score (nSPS) is 14.8. The van der Waals surface area contributed by atoms with Crippen LogP contribution in [0.25, 0.3) is 0 Å². The van der Waals surface area contributed by atoms with E-state index in [1.165, 1.54) is 6.08 Å². The first-order valence-corrected chi connectivity index (χ1v) is 6.42. The number of hydrogen-bond donors (Lipinski definition) is 2. The fraction of sp³-hybridized carbons (Fsp3) is 0.400. The van der Waals surface area contributed by atoms with Crippen molar-refractivity contribution < 1.29 is 14.7 Å². The van der Waals surface area contributed by atoms with Crippen molar-refractivity contribution >= 4 is 5.97 Å². The molecule has 4 heteroatoms. The molecular formula is C15H21NO3.